The predicted octanol–water partition coefficient (Wildman–Crippen LogP) is 12.6. The van der Waals surface area contributed by atoms with E-state index >= 15 is 0 Å². The van der Waals surface area contributed by atoms with Crippen molar-refractivity contribution < 1.29 is 36.5 Å². The van der Waals surface area contributed by atoms with E-state index in [1.807, 2.05) is 143 Å². The summed E-state index contributed by atoms with van der Waals surface area (Å²) in [6, 6.07) is 37.8. The summed E-state index contributed by atoms with van der Waals surface area (Å²) in [5, 5.41) is 16.9. The fraction of sp³-hybridized carbons (Fsp3) is 0.273. The average Bonchev–Trinajstić information content (AvgIpc) is 3.79. The minimum absolute atomic E-state index is 0.00929. The number of fused-ring (bicyclic) bond motifs is 2. The van der Waals surface area contributed by atoms with Gasteiger partial charge in [-0.15, -0.1) is 0 Å². The van der Waals surface area contributed by atoms with Crippen LogP contribution in [0.2, 0.25) is 0 Å². The second-order valence-electron chi connectivity index (χ2n) is 22.2. The molecule has 22 nitrogen and oxygen atoms in total. The van der Waals surface area contributed by atoms with Crippen LogP contribution in [0.4, 0.5) is 21.5 Å². The van der Waals surface area contributed by atoms with E-state index in [9.17, 15) is 9.59 Å². The summed E-state index contributed by atoms with van der Waals surface area (Å²) in [5.41, 5.74) is 14.8. The van der Waals surface area contributed by atoms with Crippen molar-refractivity contribution in [2.75, 3.05) is 23.7 Å². The molecule has 4 atom stereocenters. The van der Waals surface area contributed by atoms with Crippen LogP contribution >= 0.6 is 0 Å². The molecule has 0 radical (unpaired) electrons. The average molecular weight is 1220 g/mol. The lowest BCUT2D eigenvalue weighted by Gasteiger charge is -2.37. The number of nitrogens with zero attached hydrogens (tertiary/aromatic N) is 11. The molecule has 23 heteroatoms. The molecular weight excluding hydrogens is 1150 g/mol. The van der Waals surface area contributed by atoms with Gasteiger partial charge in [0, 0.05) is 89.6 Å². The van der Waals surface area contributed by atoms with Gasteiger partial charge >= 0.3 is 23.8 Å². The smallest absolute Gasteiger partial charge is 0.410 e. The van der Waals surface area contributed by atoms with Crippen molar-refractivity contribution in [1.82, 2.24) is 59.6 Å². The highest BCUT2D eigenvalue weighted by molar-refractivity contribution is 7.51. The van der Waals surface area contributed by atoms with Gasteiger partial charge in [0.05, 0.1) is 45.3 Å². The number of hydrogen-bond donors (Lipinski definition) is 3. The van der Waals surface area contributed by atoms with Gasteiger partial charge in [0.1, 0.15) is 37.0 Å². The maximum absolute atomic E-state index is 13.1. The number of pyridine rings is 2. The van der Waals surface area contributed by atoms with Crippen LogP contribution in [-0.2, 0) is 34.3 Å². The molecule has 2 aliphatic heterocycles. The zero-order chi connectivity index (χ0) is 62.0. The van der Waals surface area contributed by atoms with E-state index in [0.29, 0.717) is 25.0 Å². The molecule has 3 aromatic carbocycles. The molecule has 454 valence electrons. The normalized spacial score (nSPS) is 16.4. The molecular formula is C66H66N14O8S. The first-order valence-corrected chi connectivity index (χ1v) is 29.9. The summed E-state index contributed by atoms with van der Waals surface area (Å²) < 4.78 is 40.2. The molecule has 8 aromatic heterocycles. The molecule has 2 aliphatic rings. The van der Waals surface area contributed by atoms with E-state index in [1.165, 1.54) is 0 Å². The molecule has 0 unspecified atom stereocenters. The predicted molar refractivity (Wildman–Crippen MR) is 337 cm³/mol. The van der Waals surface area contributed by atoms with Crippen LogP contribution in [-0.4, -0.2) is 117 Å². The number of aromatic nitrogens is 10. The van der Waals surface area contributed by atoms with Gasteiger partial charge in [-0.25, -0.2) is 39.5 Å². The van der Waals surface area contributed by atoms with Gasteiger partial charge in [-0.2, -0.15) is 8.42 Å². The molecule has 2 fully saturated rings. The van der Waals surface area contributed by atoms with Crippen molar-refractivity contribution in [3.63, 3.8) is 0 Å². The van der Waals surface area contributed by atoms with Gasteiger partial charge < -0.3 is 48.5 Å². The number of H-pyrrole nitrogens is 1. The monoisotopic (exact) mass is 1210 g/mol. The van der Waals surface area contributed by atoms with E-state index in [-0.39, 0.29) is 49.6 Å². The van der Waals surface area contributed by atoms with Crippen molar-refractivity contribution in [2.45, 2.75) is 105 Å². The number of hydrogen-bond acceptors (Lipinski definition) is 18. The fourth-order valence-corrected chi connectivity index (χ4v) is 11.1. The van der Waals surface area contributed by atoms with Crippen molar-refractivity contribution in [3.8, 4) is 50.7 Å². The molecule has 3 N–H and O–H groups in total. The number of piperidine rings is 2. The fourth-order valence-electron chi connectivity index (χ4n) is 11.1. The first kappa shape index (κ1) is 60.3. The quantitative estimate of drug-likeness (QED) is 0.0968. The number of anilines is 2. The highest BCUT2D eigenvalue weighted by Crippen LogP contribution is 2.36. The highest BCUT2D eigenvalue weighted by atomic mass is 32.1. The molecule has 11 aromatic rings. The molecule has 0 spiro atoms. The van der Waals surface area contributed by atoms with Gasteiger partial charge in [0.25, 0.3) is 0 Å². The molecule has 2 amide bonds. The number of nitrogens with one attached hydrogen (secondary N) is 3. The zero-order valence-corrected chi connectivity index (χ0v) is 50.8. The van der Waals surface area contributed by atoms with E-state index < -0.39 is 11.6 Å². The lowest BCUT2D eigenvalue weighted by molar-refractivity contribution is 0.0689. The third-order valence-electron chi connectivity index (χ3n) is 16.0. The number of carbonyl (C=O) groups is 2. The van der Waals surface area contributed by atoms with Gasteiger partial charge in [-0.05, 0) is 126 Å². The van der Waals surface area contributed by atoms with Crippen LogP contribution in [0.25, 0.3) is 72.8 Å². The number of aromatic amines is 1. The number of rotatable bonds is 13. The summed E-state index contributed by atoms with van der Waals surface area (Å²) in [7, 11) is 0. The second-order valence-corrected chi connectivity index (χ2v) is 22.3. The Kier molecular flexibility index (Phi) is 18.6. The van der Waals surface area contributed by atoms with Crippen LogP contribution in [0.5, 0.6) is 0 Å². The summed E-state index contributed by atoms with van der Waals surface area (Å²) >= 11 is -0.750. The Morgan fingerprint density at radius 3 is 1.55 bits per heavy atom. The summed E-state index contributed by atoms with van der Waals surface area (Å²) in [6.45, 7) is 13.4. The van der Waals surface area contributed by atoms with Crippen LogP contribution < -0.4 is 10.6 Å². The third kappa shape index (κ3) is 13.9. The number of carbonyl (C=O) groups excluding carboxylic acids is 2. The zero-order valence-electron chi connectivity index (χ0n) is 50.0. The minimum atomic E-state index is -0.750. The van der Waals surface area contributed by atoms with Crippen molar-refractivity contribution in [1.29, 1.82) is 0 Å². The lowest BCUT2D eigenvalue weighted by Crippen LogP contribution is -2.50. The van der Waals surface area contributed by atoms with Crippen molar-refractivity contribution >= 4 is 57.7 Å². The summed E-state index contributed by atoms with van der Waals surface area (Å²) in [6.07, 6.45) is 13.8. The summed E-state index contributed by atoms with van der Waals surface area (Å²) in [5.74, 6) is 1.04. The molecule has 2 saturated heterocycles. The molecule has 0 saturated carbocycles. The topological polar surface area (TPSA) is 267 Å². The number of para-hydroxylation sites is 1. The van der Waals surface area contributed by atoms with Crippen LogP contribution in [0, 0.1) is 27.7 Å². The van der Waals surface area contributed by atoms with E-state index in [2.05, 4.69) is 78.7 Å². The largest absolute Gasteiger partial charge is 0.445 e. The third-order valence-corrected chi connectivity index (χ3v) is 16.0. The van der Waals surface area contributed by atoms with Gasteiger partial charge in [0.2, 0.25) is 11.9 Å². The molecule has 13 rings (SSSR count). The van der Waals surface area contributed by atoms with E-state index in [1.54, 1.807) is 22.3 Å². The number of benzene rings is 3. The Balaban J connectivity index is 0.000000177. The molecule has 0 bridgehead atoms. The van der Waals surface area contributed by atoms with Crippen LogP contribution in [0.3, 0.4) is 0 Å². The number of ether oxygens (including phenoxy) is 2. The maximum atomic E-state index is 13.1. The lowest BCUT2D eigenvalue weighted by atomic mass is 10.00. The maximum Gasteiger partial charge on any atom is 0.410 e. The van der Waals surface area contributed by atoms with Crippen LogP contribution in [0.15, 0.2) is 162 Å². The Bertz CT molecular complexity index is 4280. The molecule has 89 heavy (non-hydrogen) atoms. The SMILES string of the molecule is Cc1cnc(N[C@H]2CC[C@H](C)N(C(=O)OCc3ccccc3)C2)nc1-c1c[nH]c2nc(-c3conc3C)ccc12.Cc1cnc(N[C@H]2CC[C@H](C)N(C(=O)OCc3ccccc3)C2)nc1-c1cn(-c2ccccc2)c2nc(-c3conc3C)ccc12.O=S=O. The van der Waals surface area contributed by atoms with E-state index in [0.717, 1.165) is 132 Å². The molecule has 0 aliphatic carbocycles. The Morgan fingerprint density at radius 1 is 0.584 bits per heavy atom. The first-order valence-electron chi connectivity index (χ1n) is 29.3. The highest BCUT2D eigenvalue weighted by Gasteiger charge is 2.33. The Hall–Kier alpha value is -10.4. The van der Waals surface area contributed by atoms with Gasteiger partial charge in [0.15, 0.2) is 0 Å². The standard InChI is InChI=1S/C36H35N7O3.C30H31N7O3.O2S/c1-23-18-37-35(38-27-15-14-24(2)42(19-27)36(44)45-21-26-10-6-4-7-11-26)40-33(23)30-20-43(28-12-8-5-9-13-28)34-29(30)16-17-32(39-34)31-22-46-41-25(31)3;1-18-13-32-29(33-22-10-9-19(2)37(15-22)30(38)39-16-21-7-5-4-6-8-21)35-27(18)24-14-31-28-23(24)11-12-26(34-28)25-17-40-36-20(25)3;1-3-2/h4-13,16-18,20,22,24,27H,14-15,19,21H2,1-3H3,(H,37,38,40);4-8,11-14,17,19,22H,9-10,15-16H2,1-3H3,(H,31,34)(H,32,33,35);/t24-,27-;19-,22-;/m00./s1. The van der Waals surface area contributed by atoms with Gasteiger partial charge in [-0.3, -0.25) is 0 Å². The van der Waals surface area contributed by atoms with Crippen molar-refractivity contribution in [2.24, 2.45) is 0 Å². The van der Waals surface area contributed by atoms with Crippen LogP contribution in [0.1, 0.15) is 73.2 Å². The summed E-state index contributed by atoms with van der Waals surface area (Å²) in [4.78, 5) is 61.7. The Morgan fingerprint density at radius 2 is 1.06 bits per heavy atom. The molecule has 10 heterocycles. The first-order chi connectivity index (χ1) is 43.3. The number of aryl methyl sites for hydroxylation is 4. The van der Waals surface area contributed by atoms with Crippen molar-refractivity contribution in [3.05, 3.63) is 186 Å². The second kappa shape index (κ2) is 27.5. The number of likely N-dealkylation sites (tertiary alicyclic amines) is 2. The van der Waals surface area contributed by atoms with E-state index in [4.69, 9.17) is 46.9 Å². The minimum Gasteiger partial charge on any atom is -0.445 e. The Labute approximate surface area is 516 Å². The van der Waals surface area contributed by atoms with Gasteiger partial charge in [-0.1, -0.05) is 89.2 Å². The number of amides is 2.